The van der Waals surface area contributed by atoms with Crippen LogP contribution in [0.2, 0.25) is 0 Å². The summed E-state index contributed by atoms with van der Waals surface area (Å²) in [6.07, 6.45) is 8.70. The van der Waals surface area contributed by atoms with E-state index in [1.54, 1.807) is 6.20 Å². The van der Waals surface area contributed by atoms with Gasteiger partial charge in [-0.25, -0.2) is 9.97 Å². The summed E-state index contributed by atoms with van der Waals surface area (Å²) in [7, 11) is 0. The Morgan fingerprint density at radius 1 is 1.13 bits per heavy atom. The van der Waals surface area contributed by atoms with Crippen LogP contribution in [0, 0.1) is 0 Å². The van der Waals surface area contributed by atoms with Crippen LogP contribution in [0.3, 0.4) is 0 Å². The van der Waals surface area contributed by atoms with E-state index >= 15 is 0 Å². The number of anilines is 1. The molecule has 2 aliphatic rings. The summed E-state index contributed by atoms with van der Waals surface area (Å²) >= 11 is 0. The number of carbonyl (C=O) groups excluding carboxylic acids is 1. The number of nitrogens with zero attached hydrogens (tertiary/aromatic N) is 4. The second-order valence-corrected chi connectivity index (χ2v) is 6.69. The Balaban J connectivity index is 1.49. The molecule has 2 fully saturated rings. The minimum atomic E-state index is 0.285. The molecule has 2 N–H and O–H groups in total. The lowest BCUT2D eigenvalue weighted by atomic mass is 9.93. The SMILES string of the molecule is Nc1nccc(C2CCN(C(=O)CN3CCCCCC3)CC2)n1. The Morgan fingerprint density at radius 3 is 2.48 bits per heavy atom. The second-order valence-electron chi connectivity index (χ2n) is 6.69. The molecule has 0 bridgehead atoms. The van der Waals surface area contributed by atoms with Gasteiger partial charge in [0, 0.05) is 30.9 Å². The van der Waals surface area contributed by atoms with Crippen LogP contribution in [-0.4, -0.2) is 58.4 Å². The van der Waals surface area contributed by atoms with E-state index in [0.717, 1.165) is 44.7 Å². The lowest BCUT2D eigenvalue weighted by molar-refractivity contribution is -0.133. The molecule has 0 radical (unpaired) electrons. The Morgan fingerprint density at radius 2 is 1.83 bits per heavy atom. The first-order chi connectivity index (χ1) is 11.2. The van der Waals surface area contributed by atoms with Gasteiger partial charge in [0.1, 0.15) is 0 Å². The highest BCUT2D eigenvalue weighted by Crippen LogP contribution is 2.26. The molecule has 0 aliphatic carbocycles. The average molecular weight is 317 g/mol. The predicted molar refractivity (Wildman–Crippen MR) is 89.9 cm³/mol. The Bertz CT molecular complexity index is 519. The maximum absolute atomic E-state index is 12.5. The third-order valence-electron chi connectivity index (χ3n) is 5.02. The number of hydrogen-bond acceptors (Lipinski definition) is 5. The number of nitrogens with two attached hydrogens (primary N) is 1. The summed E-state index contributed by atoms with van der Waals surface area (Å²) in [5, 5.41) is 0. The summed E-state index contributed by atoms with van der Waals surface area (Å²) in [4.78, 5) is 25.1. The van der Waals surface area contributed by atoms with Gasteiger partial charge in [-0.15, -0.1) is 0 Å². The van der Waals surface area contributed by atoms with E-state index in [1.807, 2.05) is 11.0 Å². The highest BCUT2D eigenvalue weighted by molar-refractivity contribution is 5.78. The van der Waals surface area contributed by atoms with Crippen molar-refractivity contribution in [3.8, 4) is 0 Å². The number of hydrogen-bond donors (Lipinski definition) is 1. The Kier molecular flexibility index (Phi) is 5.43. The molecule has 2 aliphatic heterocycles. The molecule has 3 rings (SSSR count). The molecular weight excluding hydrogens is 290 g/mol. The second kappa shape index (κ2) is 7.73. The quantitative estimate of drug-likeness (QED) is 0.917. The van der Waals surface area contributed by atoms with Gasteiger partial charge in [0.25, 0.3) is 0 Å². The lowest BCUT2D eigenvalue weighted by Crippen LogP contribution is -2.44. The molecule has 1 aromatic heterocycles. The van der Waals surface area contributed by atoms with Crippen molar-refractivity contribution in [3.05, 3.63) is 18.0 Å². The first kappa shape index (κ1) is 16.2. The van der Waals surface area contributed by atoms with E-state index in [2.05, 4.69) is 14.9 Å². The van der Waals surface area contributed by atoms with Crippen molar-refractivity contribution in [1.29, 1.82) is 0 Å². The third kappa shape index (κ3) is 4.41. The Hall–Kier alpha value is -1.69. The third-order valence-corrected chi connectivity index (χ3v) is 5.02. The van der Waals surface area contributed by atoms with Crippen molar-refractivity contribution >= 4 is 11.9 Å². The first-order valence-corrected chi connectivity index (χ1v) is 8.81. The summed E-state index contributed by atoms with van der Waals surface area (Å²) in [6.45, 7) is 4.37. The molecule has 6 heteroatoms. The largest absolute Gasteiger partial charge is 0.368 e. The van der Waals surface area contributed by atoms with Crippen LogP contribution in [0.1, 0.15) is 50.1 Å². The van der Waals surface area contributed by atoms with E-state index in [-0.39, 0.29) is 5.91 Å². The minimum Gasteiger partial charge on any atom is -0.368 e. The summed E-state index contributed by atoms with van der Waals surface area (Å²) in [5.74, 6) is 1.01. The van der Waals surface area contributed by atoms with Gasteiger partial charge in [0.15, 0.2) is 0 Å². The van der Waals surface area contributed by atoms with Gasteiger partial charge in [-0.2, -0.15) is 0 Å². The molecule has 126 valence electrons. The fraction of sp³-hybridized carbons (Fsp3) is 0.706. The van der Waals surface area contributed by atoms with Crippen molar-refractivity contribution < 1.29 is 4.79 Å². The number of piperidine rings is 1. The number of likely N-dealkylation sites (tertiary alicyclic amines) is 2. The molecule has 0 atom stereocenters. The van der Waals surface area contributed by atoms with Crippen LogP contribution in [0.15, 0.2) is 12.3 Å². The van der Waals surface area contributed by atoms with Crippen LogP contribution in [0.5, 0.6) is 0 Å². The van der Waals surface area contributed by atoms with E-state index < -0.39 is 0 Å². The molecule has 0 unspecified atom stereocenters. The smallest absolute Gasteiger partial charge is 0.236 e. The standard InChI is InChI=1S/C17H27N5O/c18-17-19-8-5-15(20-17)14-6-11-22(12-7-14)16(23)13-21-9-3-1-2-4-10-21/h5,8,14H,1-4,6-7,9-13H2,(H2,18,19,20). The summed E-state index contributed by atoms with van der Waals surface area (Å²) in [5.41, 5.74) is 6.68. The minimum absolute atomic E-state index is 0.285. The summed E-state index contributed by atoms with van der Waals surface area (Å²) in [6, 6.07) is 1.94. The van der Waals surface area contributed by atoms with Gasteiger partial charge in [-0.3, -0.25) is 9.69 Å². The Labute approximate surface area is 138 Å². The maximum Gasteiger partial charge on any atom is 0.236 e. The van der Waals surface area contributed by atoms with Crippen LogP contribution in [0.4, 0.5) is 5.95 Å². The first-order valence-electron chi connectivity index (χ1n) is 8.81. The molecular formula is C17H27N5O. The van der Waals surface area contributed by atoms with Gasteiger partial charge in [-0.1, -0.05) is 12.8 Å². The van der Waals surface area contributed by atoms with Crippen molar-refractivity contribution in [3.63, 3.8) is 0 Å². The monoisotopic (exact) mass is 317 g/mol. The van der Waals surface area contributed by atoms with Gasteiger partial charge in [0.2, 0.25) is 11.9 Å². The van der Waals surface area contributed by atoms with Gasteiger partial charge < -0.3 is 10.6 Å². The van der Waals surface area contributed by atoms with E-state index in [0.29, 0.717) is 18.4 Å². The fourth-order valence-electron chi connectivity index (χ4n) is 3.63. The molecule has 3 heterocycles. The zero-order valence-electron chi connectivity index (χ0n) is 13.8. The molecule has 6 nitrogen and oxygen atoms in total. The number of nitrogen functional groups attached to an aromatic ring is 1. The van der Waals surface area contributed by atoms with Crippen molar-refractivity contribution in [2.75, 3.05) is 38.5 Å². The zero-order chi connectivity index (χ0) is 16.1. The normalized spacial score (nSPS) is 21.1. The van der Waals surface area contributed by atoms with Crippen LogP contribution < -0.4 is 5.73 Å². The van der Waals surface area contributed by atoms with E-state index in [1.165, 1.54) is 25.7 Å². The van der Waals surface area contributed by atoms with Gasteiger partial charge in [-0.05, 0) is 44.8 Å². The van der Waals surface area contributed by atoms with Crippen LogP contribution in [0.25, 0.3) is 0 Å². The van der Waals surface area contributed by atoms with Crippen molar-refractivity contribution in [2.45, 2.75) is 44.4 Å². The number of aromatic nitrogens is 2. The molecule has 0 spiro atoms. The fourth-order valence-corrected chi connectivity index (χ4v) is 3.63. The number of rotatable bonds is 3. The summed E-state index contributed by atoms with van der Waals surface area (Å²) < 4.78 is 0. The molecule has 0 aromatic carbocycles. The molecule has 1 aromatic rings. The van der Waals surface area contributed by atoms with E-state index in [4.69, 9.17) is 5.73 Å². The molecule has 2 saturated heterocycles. The lowest BCUT2D eigenvalue weighted by Gasteiger charge is -2.33. The molecule has 1 amide bonds. The molecule has 23 heavy (non-hydrogen) atoms. The highest BCUT2D eigenvalue weighted by Gasteiger charge is 2.25. The van der Waals surface area contributed by atoms with Crippen molar-refractivity contribution in [1.82, 2.24) is 19.8 Å². The van der Waals surface area contributed by atoms with Crippen LogP contribution in [-0.2, 0) is 4.79 Å². The van der Waals surface area contributed by atoms with Gasteiger partial charge in [0.05, 0.1) is 6.54 Å². The number of carbonyl (C=O) groups is 1. The molecule has 0 saturated carbocycles. The van der Waals surface area contributed by atoms with Crippen molar-refractivity contribution in [2.24, 2.45) is 0 Å². The highest BCUT2D eigenvalue weighted by atomic mass is 16.2. The van der Waals surface area contributed by atoms with Gasteiger partial charge >= 0.3 is 0 Å². The average Bonchev–Trinajstić information content (AvgIpc) is 2.84. The predicted octanol–water partition coefficient (Wildman–Crippen LogP) is 1.64. The number of amides is 1. The topological polar surface area (TPSA) is 75.3 Å². The van der Waals surface area contributed by atoms with E-state index in [9.17, 15) is 4.79 Å². The maximum atomic E-state index is 12.5. The van der Waals surface area contributed by atoms with Crippen LogP contribution >= 0.6 is 0 Å². The zero-order valence-corrected chi connectivity index (χ0v) is 13.8.